The second-order valence-corrected chi connectivity index (χ2v) is 10.9. The lowest BCUT2D eigenvalue weighted by atomic mass is 10.0. The molecule has 0 atom stereocenters. The van der Waals surface area contributed by atoms with Crippen LogP contribution in [0.5, 0.6) is 11.5 Å². The number of hydrogen-bond acceptors (Lipinski definition) is 5. The molecule has 1 fully saturated rings. The van der Waals surface area contributed by atoms with Crippen LogP contribution in [0.25, 0.3) is 0 Å². The summed E-state index contributed by atoms with van der Waals surface area (Å²) in [6, 6.07) is 15.4. The molecule has 2 aromatic carbocycles. The number of nitrogens with zero attached hydrogens (tertiary/aromatic N) is 1. The maximum atomic E-state index is 5.43. The number of thioether (sulfide) groups is 2. The lowest BCUT2D eigenvalue weighted by Crippen LogP contribution is -2.27. The van der Waals surface area contributed by atoms with Crippen molar-refractivity contribution in [1.82, 2.24) is 4.90 Å². The molecule has 0 unspecified atom stereocenters. The molecular formula is C25H35ClNO2S2. The topological polar surface area (TPSA) is 21.7 Å². The van der Waals surface area contributed by atoms with Crippen molar-refractivity contribution in [1.29, 1.82) is 0 Å². The quantitative estimate of drug-likeness (QED) is 0.401. The highest BCUT2D eigenvalue weighted by molar-refractivity contribution is 8.18. The Kier molecular flexibility index (Phi) is 10.9. The van der Waals surface area contributed by atoms with Gasteiger partial charge in [0.2, 0.25) is 0 Å². The summed E-state index contributed by atoms with van der Waals surface area (Å²) < 4.78 is 10.9. The fourth-order valence-electron chi connectivity index (χ4n) is 3.71. The van der Waals surface area contributed by atoms with Crippen LogP contribution in [0, 0.1) is 13.3 Å². The molecule has 1 heterocycles. The molecule has 6 heteroatoms. The fourth-order valence-corrected chi connectivity index (χ4v) is 7.04. The van der Waals surface area contributed by atoms with E-state index in [1.54, 1.807) is 14.2 Å². The number of benzene rings is 2. The Morgan fingerprint density at radius 1 is 1.00 bits per heavy atom. The van der Waals surface area contributed by atoms with Gasteiger partial charge in [0.15, 0.2) is 11.5 Å². The van der Waals surface area contributed by atoms with Crippen molar-refractivity contribution < 1.29 is 9.47 Å². The van der Waals surface area contributed by atoms with Crippen LogP contribution in [0.4, 0.5) is 0 Å². The molecule has 31 heavy (non-hydrogen) atoms. The SMILES string of the molecule is COc1ccc(CCN(C)C[CH]CC2(c3ccc(C)cc3)SCCCS2)cc1OC.Cl. The molecule has 2 aromatic rings. The van der Waals surface area contributed by atoms with Crippen molar-refractivity contribution in [3.8, 4) is 11.5 Å². The van der Waals surface area contributed by atoms with E-state index in [0.29, 0.717) is 0 Å². The number of hydrogen-bond donors (Lipinski definition) is 0. The van der Waals surface area contributed by atoms with Crippen LogP contribution in [0.15, 0.2) is 42.5 Å². The van der Waals surface area contributed by atoms with Crippen molar-refractivity contribution in [2.45, 2.75) is 30.3 Å². The van der Waals surface area contributed by atoms with Gasteiger partial charge in [0.25, 0.3) is 0 Å². The van der Waals surface area contributed by atoms with E-state index >= 15 is 0 Å². The summed E-state index contributed by atoms with van der Waals surface area (Å²) in [6.07, 6.45) is 5.89. The van der Waals surface area contributed by atoms with E-state index in [9.17, 15) is 0 Å². The summed E-state index contributed by atoms with van der Waals surface area (Å²) in [4.78, 5) is 2.40. The molecule has 0 amide bonds. The summed E-state index contributed by atoms with van der Waals surface area (Å²) in [5.41, 5.74) is 4.07. The van der Waals surface area contributed by atoms with Gasteiger partial charge >= 0.3 is 0 Å². The molecule has 0 bridgehead atoms. The van der Waals surface area contributed by atoms with Gasteiger partial charge in [-0.1, -0.05) is 35.9 Å². The molecule has 0 aliphatic carbocycles. The standard InChI is InChI=1S/C25H34NO2S2.ClH/c1-20-7-10-22(11-8-20)25(29-17-6-18-30-25)14-5-15-26(2)16-13-21-9-12-23(27-3)24(19-21)28-4;/h5,7-12,19H,6,13-18H2,1-4H3;1H. The first-order valence-electron chi connectivity index (χ1n) is 10.6. The van der Waals surface area contributed by atoms with Crippen molar-refractivity contribution in [2.75, 3.05) is 45.9 Å². The third kappa shape index (κ3) is 7.24. The molecule has 3 rings (SSSR count). The van der Waals surface area contributed by atoms with Crippen LogP contribution in [-0.2, 0) is 10.5 Å². The van der Waals surface area contributed by atoms with Crippen LogP contribution in [0.3, 0.4) is 0 Å². The van der Waals surface area contributed by atoms with Gasteiger partial charge in [-0.15, -0.1) is 35.9 Å². The minimum absolute atomic E-state index is 0. The van der Waals surface area contributed by atoms with Crippen LogP contribution in [-0.4, -0.2) is 50.8 Å². The molecule has 3 nitrogen and oxygen atoms in total. The van der Waals surface area contributed by atoms with Gasteiger partial charge in [-0.25, -0.2) is 0 Å². The minimum atomic E-state index is 0. The van der Waals surface area contributed by atoms with Gasteiger partial charge in [0, 0.05) is 13.1 Å². The third-order valence-electron chi connectivity index (χ3n) is 5.53. The molecular weight excluding hydrogens is 446 g/mol. The number of rotatable bonds is 10. The maximum Gasteiger partial charge on any atom is 0.160 e. The second-order valence-electron chi connectivity index (χ2n) is 7.86. The van der Waals surface area contributed by atoms with E-state index in [0.717, 1.165) is 37.4 Å². The second kappa shape index (κ2) is 12.9. The summed E-state index contributed by atoms with van der Waals surface area (Å²) in [7, 11) is 5.57. The third-order valence-corrected chi connectivity index (χ3v) is 8.96. The number of halogens is 1. The highest BCUT2D eigenvalue weighted by atomic mass is 35.5. The first-order valence-corrected chi connectivity index (χ1v) is 12.6. The Labute approximate surface area is 203 Å². The van der Waals surface area contributed by atoms with Crippen LogP contribution < -0.4 is 9.47 Å². The zero-order chi connectivity index (χ0) is 21.4. The van der Waals surface area contributed by atoms with Crippen molar-refractivity contribution in [3.05, 3.63) is 65.6 Å². The largest absolute Gasteiger partial charge is 0.493 e. The van der Waals surface area contributed by atoms with Gasteiger partial charge in [-0.3, -0.25) is 0 Å². The Balaban J connectivity index is 0.00000341. The molecule has 0 saturated carbocycles. The zero-order valence-electron chi connectivity index (χ0n) is 19.1. The highest BCUT2D eigenvalue weighted by Crippen LogP contribution is 2.53. The molecule has 0 spiro atoms. The summed E-state index contributed by atoms with van der Waals surface area (Å²) in [6.45, 7) is 4.18. The Morgan fingerprint density at radius 3 is 2.32 bits per heavy atom. The predicted molar refractivity (Wildman–Crippen MR) is 139 cm³/mol. The van der Waals surface area contributed by atoms with E-state index in [4.69, 9.17) is 9.47 Å². The molecule has 0 aromatic heterocycles. The van der Waals surface area contributed by atoms with E-state index in [1.165, 1.54) is 34.6 Å². The molecule has 1 radical (unpaired) electrons. The first-order chi connectivity index (χ1) is 14.6. The van der Waals surface area contributed by atoms with Crippen molar-refractivity contribution in [2.24, 2.45) is 0 Å². The van der Waals surface area contributed by atoms with E-state index < -0.39 is 0 Å². The molecule has 1 aliphatic heterocycles. The van der Waals surface area contributed by atoms with E-state index in [2.05, 4.69) is 85.2 Å². The Bertz CT molecular complexity index is 795. The predicted octanol–water partition coefficient (Wildman–Crippen LogP) is 6.23. The zero-order valence-corrected chi connectivity index (χ0v) is 21.5. The molecule has 1 aliphatic rings. The van der Waals surface area contributed by atoms with E-state index in [1.807, 2.05) is 6.07 Å². The van der Waals surface area contributed by atoms with Gasteiger partial charge in [-0.2, -0.15) is 0 Å². The van der Waals surface area contributed by atoms with Gasteiger partial charge < -0.3 is 14.4 Å². The average molecular weight is 481 g/mol. The lowest BCUT2D eigenvalue weighted by molar-refractivity contribution is 0.351. The van der Waals surface area contributed by atoms with Crippen LogP contribution in [0.1, 0.15) is 29.5 Å². The molecule has 1 saturated heterocycles. The minimum Gasteiger partial charge on any atom is -0.493 e. The summed E-state index contributed by atoms with van der Waals surface area (Å²) in [5, 5.41) is 0. The summed E-state index contributed by atoms with van der Waals surface area (Å²) >= 11 is 4.25. The van der Waals surface area contributed by atoms with Crippen molar-refractivity contribution in [3.63, 3.8) is 0 Å². The first kappa shape index (κ1) is 26.2. The van der Waals surface area contributed by atoms with Crippen LogP contribution >= 0.6 is 35.9 Å². The fraction of sp³-hybridized carbons (Fsp3) is 0.480. The smallest absolute Gasteiger partial charge is 0.160 e. The van der Waals surface area contributed by atoms with Gasteiger partial charge in [0.05, 0.1) is 18.3 Å². The number of likely N-dealkylation sites (N-methyl/N-ethyl adjacent to an activating group) is 1. The Hall–Kier alpha value is -1.01. The van der Waals surface area contributed by atoms with Gasteiger partial charge in [-0.05, 0) is 74.4 Å². The lowest BCUT2D eigenvalue weighted by Gasteiger charge is -2.37. The highest BCUT2D eigenvalue weighted by Gasteiger charge is 2.35. The van der Waals surface area contributed by atoms with Crippen molar-refractivity contribution >= 4 is 35.9 Å². The van der Waals surface area contributed by atoms with Crippen LogP contribution in [0.2, 0.25) is 0 Å². The molecule has 0 N–H and O–H groups in total. The number of methoxy groups -OCH3 is 2. The number of aryl methyl sites for hydroxylation is 1. The summed E-state index contributed by atoms with van der Waals surface area (Å²) in [5.74, 6) is 4.09. The average Bonchev–Trinajstić information content (AvgIpc) is 2.78. The van der Waals surface area contributed by atoms with Gasteiger partial charge in [0.1, 0.15) is 0 Å². The number of ether oxygens (including phenoxy) is 2. The molecule has 171 valence electrons. The van der Waals surface area contributed by atoms with E-state index in [-0.39, 0.29) is 16.5 Å². The Morgan fingerprint density at radius 2 is 1.68 bits per heavy atom. The normalized spacial score (nSPS) is 15.4. The monoisotopic (exact) mass is 480 g/mol. The maximum absolute atomic E-state index is 5.43.